The Balaban J connectivity index is 1.04. The van der Waals surface area contributed by atoms with Crippen LogP contribution >= 0.6 is 0 Å². The van der Waals surface area contributed by atoms with Gasteiger partial charge in [0.2, 0.25) is 11.8 Å². The molecule has 1 aromatic carbocycles. The molecule has 6 rings (SSSR count). The van der Waals surface area contributed by atoms with Crippen molar-refractivity contribution in [2.45, 2.75) is 70.3 Å². The summed E-state index contributed by atoms with van der Waals surface area (Å²) in [7, 11) is 0. The number of benzene rings is 1. The van der Waals surface area contributed by atoms with E-state index in [1.807, 2.05) is 32.9 Å². The van der Waals surface area contributed by atoms with Crippen molar-refractivity contribution in [2.24, 2.45) is 5.92 Å². The van der Waals surface area contributed by atoms with Crippen LogP contribution in [-0.4, -0.2) is 95.0 Å². The molecule has 0 aromatic heterocycles. The number of imide groups is 1. The molecule has 37 heavy (non-hydrogen) atoms. The molecule has 2 bridgehead atoms. The van der Waals surface area contributed by atoms with Gasteiger partial charge in [-0.3, -0.25) is 24.6 Å². The van der Waals surface area contributed by atoms with Crippen LogP contribution in [0.5, 0.6) is 0 Å². The zero-order valence-corrected chi connectivity index (χ0v) is 21.7. The van der Waals surface area contributed by atoms with Gasteiger partial charge in [0.15, 0.2) is 0 Å². The van der Waals surface area contributed by atoms with Gasteiger partial charge in [0.25, 0.3) is 5.91 Å². The van der Waals surface area contributed by atoms with E-state index in [4.69, 9.17) is 4.74 Å². The first-order valence-electron chi connectivity index (χ1n) is 13.3. The first-order chi connectivity index (χ1) is 17.6. The number of nitrogens with zero attached hydrogens (tertiary/aromatic N) is 4. The summed E-state index contributed by atoms with van der Waals surface area (Å²) in [5, 5.41) is 2.36. The second-order valence-electron chi connectivity index (χ2n) is 12.1. The van der Waals surface area contributed by atoms with E-state index >= 15 is 0 Å². The minimum atomic E-state index is -0.588. The number of hydrogen-bond donors (Lipinski definition) is 1. The first-order valence-corrected chi connectivity index (χ1v) is 13.3. The Hall–Kier alpha value is -3.14. The maximum absolute atomic E-state index is 13.0. The molecule has 10 nitrogen and oxygen atoms in total. The molecule has 0 spiro atoms. The van der Waals surface area contributed by atoms with E-state index < -0.39 is 11.6 Å². The molecule has 198 valence electrons. The highest BCUT2D eigenvalue weighted by Crippen LogP contribution is 2.38. The van der Waals surface area contributed by atoms with E-state index in [1.54, 1.807) is 9.80 Å². The molecule has 4 amide bonds. The van der Waals surface area contributed by atoms with Crippen LogP contribution in [0.1, 0.15) is 56.0 Å². The molecule has 3 atom stereocenters. The molecule has 4 fully saturated rings. The van der Waals surface area contributed by atoms with Gasteiger partial charge >= 0.3 is 6.09 Å². The van der Waals surface area contributed by atoms with Crippen LogP contribution in [-0.2, 0) is 20.9 Å². The van der Waals surface area contributed by atoms with Crippen LogP contribution < -0.4 is 10.2 Å². The molecule has 0 saturated carbocycles. The van der Waals surface area contributed by atoms with Gasteiger partial charge < -0.3 is 19.4 Å². The number of rotatable bonds is 4. The maximum Gasteiger partial charge on any atom is 0.410 e. The molecule has 4 saturated heterocycles. The molecule has 10 heteroatoms. The summed E-state index contributed by atoms with van der Waals surface area (Å²) in [4.78, 5) is 57.5. The molecule has 5 aliphatic rings. The average Bonchev–Trinajstić information content (AvgIpc) is 3.47. The topological polar surface area (TPSA) is 102 Å². The Morgan fingerprint density at radius 2 is 1.84 bits per heavy atom. The molecule has 3 unspecified atom stereocenters. The third-order valence-electron chi connectivity index (χ3n) is 8.29. The number of nitrogens with one attached hydrogen (secondary N) is 1. The number of likely N-dealkylation sites (tertiary alicyclic amines) is 2. The Labute approximate surface area is 216 Å². The third-order valence-corrected chi connectivity index (χ3v) is 8.29. The quantitative estimate of drug-likeness (QED) is 0.615. The highest BCUT2D eigenvalue weighted by molar-refractivity contribution is 6.05. The van der Waals surface area contributed by atoms with Crippen LogP contribution in [0.2, 0.25) is 0 Å². The minimum absolute atomic E-state index is 0.133. The Bertz CT molecular complexity index is 1160. The smallest absolute Gasteiger partial charge is 0.410 e. The van der Waals surface area contributed by atoms with E-state index in [1.165, 1.54) is 0 Å². The van der Waals surface area contributed by atoms with Crippen LogP contribution in [0, 0.1) is 5.92 Å². The van der Waals surface area contributed by atoms with Crippen molar-refractivity contribution in [1.29, 1.82) is 0 Å². The number of piperazine rings is 1. The molecule has 1 N–H and O–H groups in total. The standard InChI is InChI=1S/C27H35N5O5/c1-27(2,3)37-26(36)30-11-16(12-30)10-29-14-20-9-19(29)15-31(20)18-4-5-21-17(8-18)13-32(25(21)35)22-6-7-23(33)28-24(22)34/h4-5,8,16,19-20,22H,6-7,9-15H2,1-3H3,(H,28,33,34). The van der Waals surface area contributed by atoms with Gasteiger partial charge in [-0.25, -0.2) is 4.79 Å². The van der Waals surface area contributed by atoms with Crippen LogP contribution in [0.15, 0.2) is 18.2 Å². The predicted octanol–water partition coefficient (Wildman–Crippen LogP) is 1.58. The fourth-order valence-electron chi connectivity index (χ4n) is 6.52. The lowest BCUT2D eigenvalue weighted by atomic mass is 9.99. The third kappa shape index (κ3) is 4.45. The summed E-state index contributed by atoms with van der Waals surface area (Å²) in [5.74, 6) is -0.297. The summed E-state index contributed by atoms with van der Waals surface area (Å²) in [5.41, 5.74) is 2.26. The molecule has 0 radical (unpaired) electrons. The number of carbonyl (C=O) groups is 4. The van der Waals surface area contributed by atoms with E-state index in [2.05, 4.69) is 21.2 Å². The Morgan fingerprint density at radius 3 is 2.51 bits per heavy atom. The van der Waals surface area contributed by atoms with Gasteiger partial charge in [-0.2, -0.15) is 0 Å². The summed E-state index contributed by atoms with van der Waals surface area (Å²) >= 11 is 0. The van der Waals surface area contributed by atoms with Gasteiger partial charge in [0.05, 0.1) is 0 Å². The Kier molecular flexibility index (Phi) is 5.70. The fraction of sp³-hybridized carbons (Fsp3) is 0.630. The molecule has 1 aromatic rings. The van der Waals surface area contributed by atoms with Gasteiger partial charge in [0.1, 0.15) is 11.6 Å². The second kappa shape index (κ2) is 8.72. The fourth-order valence-corrected chi connectivity index (χ4v) is 6.52. The minimum Gasteiger partial charge on any atom is -0.444 e. The SMILES string of the molecule is CC(C)(C)OC(=O)N1CC(CN2CC3CC2CN3c2ccc3c(c2)CN(C2CCC(=O)NC2=O)C3=O)C1. The summed E-state index contributed by atoms with van der Waals surface area (Å²) in [6.45, 7) is 10.6. The predicted molar refractivity (Wildman–Crippen MR) is 135 cm³/mol. The van der Waals surface area contributed by atoms with Crippen molar-refractivity contribution in [1.82, 2.24) is 20.0 Å². The van der Waals surface area contributed by atoms with Gasteiger partial charge in [-0.05, 0) is 57.4 Å². The lowest BCUT2D eigenvalue weighted by molar-refractivity contribution is -0.136. The van der Waals surface area contributed by atoms with Crippen LogP contribution in [0.3, 0.4) is 0 Å². The molecule has 5 aliphatic heterocycles. The van der Waals surface area contributed by atoms with Gasteiger partial charge in [-0.1, -0.05) is 0 Å². The first kappa shape index (κ1) is 24.2. The second-order valence-corrected chi connectivity index (χ2v) is 12.1. The molecular weight excluding hydrogens is 474 g/mol. The van der Waals surface area contributed by atoms with Crippen LogP contribution in [0.25, 0.3) is 0 Å². The Morgan fingerprint density at radius 1 is 1.05 bits per heavy atom. The number of carbonyl (C=O) groups excluding carboxylic acids is 4. The molecule has 0 aliphatic carbocycles. The lowest BCUT2D eigenvalue weighted by Crippen LogP contribution is -2.57. The highest BCUT2D eigenvalue weighted by atomic mass is 16.6. The molecular formula is C27H35N5O5. The van der Waals surface area contributed by atoms with Crippen molar-refractivity contribution in [3.63, 3.8) is 0 Å². The summed E-state index contributed by atoms with van der Waals surface area (Å²) in [6, 6.07) is 6.37. The maximum atomic E-state index is 13.0. The zero-order chi connectivity index (χ0) is 26.1. The van der Waals surface area contributed by atoms with Crippen molar-refractivity contribution in [3.8, 4) is 0 Å². The number of anilines is 1. The summed E-state index contributed by atoms with van der Waals surface area (Å²) in [6.07, 6.45) is 1.54. The van der Waals surface area contributed by atoms with Crippen molar-refractivity contribution in [3.05, 3.63) is 29.3 Å². The van der Waals surface area contributed by atoms with Crippen molar-refractivity contribution >= 4 is 29.5 Å². The van der Waals surface area contributed by atoms with Gasteiger partial charge in [0, 0.05) is 74.9 Å². The highest BCUT2D eigenvalue weighted by Gasteiger charge is 2.46. The van der Waals surface area contributed by atoms with Crippen LogP contribution in [0.4, 0.5) is 10.5 Å². The largest absolute Gasteiger partial charge is 0.444 e. The zero-order valence-electron chi connectivity index (χ0n) is 21.7. The number of ether oxygens (including phenoxy) is 1. The molecule has 5 heterocycles. The van der Waals surface area contributed by atoms with E-state index in [0.29, 0.717) is 36.5 Å². The normalized spacial score (nSPS) is 28.0. The van der Waals surface area contributed by atoms with Crippen molar-refractivity contribution in [2.75, 3.05) is 37.6 Å². The van der Waals surface area contributed by atoms with E-state index in [-0.39, 0.29) is 30.2 Å². The number of amides is 4. The van der Waals surface area contributed by atoms with E-state index in [0.717, 1.165) is 50.4 Å². The average molecular weight is 510 g/mol. The van der Waals surface area contributed by atoms with E-state index in [9.17, 15) is 19.2 Å². The monoisotopic (exact) mass is 509 g/mol. The summed E-state index contributed by atoms with van der Waals surface area (Å²) < 4.78 is 5.47. The number of fused-ring (bicyclic) bond motifs is 3. The number of hydrogen-bond acceptors (Lipinski definition) is 7. The lowest BCUT2D eigenvalue weighted by Gasteiger charge is -2.43. The van der Waals surface area contributed by atoms with Gasteiger partial charge in [-0.15, -0.1) is 0 Å². The van der Waals surface area contributed by atoms with Crippen molar-refractivity contribution < 1.29 is 23.9 Å². The number of piperidine rings is 1.